The Morgan fingerprint density at radius 2 is 1.88 bits per heavy atom. The van der Waals surface area contributed by atoms with E-state index >= 15 is 0 Å². The van der Waals surface area contributed by atoms with E-state index in [2.05, 4.69) is 33.8 Å². The van der Waals surface area contributed by atoms with Crippen LogP contribution in [0.25, 0.3) is 0 Å². The number of piperazine rings is 1. The molecule has 7 nitrogen and oxygen atoms in total. The summed E-state index contributed by atoms with van der Waals surface area (Å²) in [5, 5.41) is 9.30. The van der Waals surface area contributed by atoms with E-state index < -0.39 is 0 Å². The molecule has 0 atom stereocenters. The van der Waals surface area contributed by atoms with Gasteiger partial charge >= 0.3 is 0 Å². The van der Waals surface area contributed by atoms with Crippen LogP contribution in [-0.4, -0.2) is 57.5 Å². The zero-order valence-corrected chi connectivity index (χ0v) is 19.7. The fourth-order valence-electron chi connectivity index (χ4n) is 3.77. The number of amides is 1. The Morgan fingerprint density at radius 3 is 2.61 bits per heavy atom. The molecule has 2 heterocycles. The molecule has 1 saturated heterocycles. The van der Waals surface area contributed by atoms with Crippen molar-refractivity contribution in [1.82, 2.24) is 19.7 Å². The lowest BCUT2D eigenvalue weighted by Crippen LogP contribution is -2.49. The molecule has 0 bridgehead atoms. The maximum absolute atomic E-state index is 12.8. The summed E-state index contributed by atoms with van der Waals surface area (Å²) in [5.74, 6) is 1.96. The third kappa shape index (κ3) is 5.96. The van der Waals surface area contributed by atoms with Crippen molar-refractivity contribution in [3.05, 3.63) is 78.6 Å². The van der Waals surface area contributed by atoms with Crippen LogP contribution in [0.3, 0.4) is 0 Å². The lowest BCUT2D eigenvalue weighted by molar-refractivity contribution is -0.128. The quantitative estimate of drug-likeness (QED) is 0.355. The highest BCUT2D eigenvalue weighted by atomic mass is 32.2. The van der Waals surface area contributed by atoms with Crippen molar-refractivity contribution in [2.45, 2.75) is 25.2 Å². The molecule has 172 valence electrons. The maximum Gasteiger partial charge on any atom is 0.233 e. The maximum atomic E-state index is 12.8. The number of carbonyl (C=O) groups is 1. The summed E-state index contributed by atoms with van der Waals surface area (Å²) < 4.78 is 7.85. The van der Waals surface area contributed by atoms with Gasteiger partial charge < -0.3 is 14.5 Å². The molecule has 2 aromatic carbocycles. The Morgan fingerprint density at radius 1 is 1.09 bits per heavy atom. The second kappa shape index (κ2) is 11.0. The van der Waals surface area contributed by atoms with Gasteiger partial charge in [0.2, 0.25) is 5.91 Å². The van der Waals surface area contributed by atoms with Gasteiger partial charge in [-0.15, -0.1) is 16.8 Å². The van der Waals surface area contributed by atoms with Gasteiger partial charge in [-0.25, -0.2) is 0 Å². The predicted octanol–water partition coefficient (Wildman–Crippen LogP) is 3.79. The minimum atomic E-state index is 0.124. The molecular formula is C25H29N5O2S. The molecule has 0 aliphatic carbocycles. The third-order valence-corrected chi connectivity index (χ3v) is 6.49. The van der Waals surface area contributed by atoms with Gasteiger partial charge in [-0.05, 0) is 36.8 Å². The minimum absolute atomic E-state index is 0.124. The molecule has 0 unspecified atom stereocenters. The number of thioether (sulfide) groups is 1. The molecule has 1 aromatic heterocycles. The van der Waals surface area contributed by atoms with Crippen LogP contribution < -0.4 is 9.64 Å². The number of rotatable bonds is 9. The Bertz CT molecular complexity index is 1080. The molecule has 8 heteroatoms. The SMILES string of the molecule is C=CCn1c(COc2cccc(C)c2)nnc1SCC(=O)N1CCN(c2ccccc2)CC1. The summed E-state index contributed by atoms with van der Waals surface area (Å²) >= 11 is 1.41. The summed E-state index contributed by atoms with van der Waals surface area (Å²) in [6.45, 7) is 9.87. The van der Waals surface area contributed by atoms with E-state index in [-0.39, 0.29) is 5.91 Å². The van der Waals surface area contributed by atoms with E-state index in [1.54, 1.807) is 6.08 Å². The lowest BCUT2D eigenvalue weighted by atomic mass is 10.2. The second-order valence-electron chi connectivity index (χ2n) is 7.90. The van der Waals surface area contributed by atoms with Gasteiger partial charge in [-0.2, -0.15) is 0 Å². The number of para-hydroxylation sites is 1. The number of nitrogens with zero attached hydrogens (tertiary/aromatic N) is 5. The zero-order chi connectivity index (χ0) is 23.0. The van der Waals surface area contributed by atoms with E-state index in [4.69, 9.17) is 4.74 Å². The van der Waals surface area contributed by atoms with E-state index in [1.165, 1.54) is 17.4 Å². The van der Waals surface area contributed by atoms with Gasteiger partial charge in [0, 0.05) is 38.4 Å². The van der Waals surface area contributed by atoms with Crippen LogP contribution in [0.1, 0.15) is 11.4 Å². The van der Waals surface area contributed by atoms with Gasteiger partial charge in [-0.1, -0.05) is 48.2 Å². The fraction of sp³-hybridized carbons (Fsp3) is 0.320. The van der Waals surface area contributed by atoms with Gasteiger partial charge in [0.25, 0.3) is 0 Å². The van der Waals surface area contributed by atoms with Crippen LogP contribution in [0.2, 0.25) is 0 Å². The number of hydrogen-bond acceptors (Lipinski definition) is 6. The predicted molar refractivity (Wildman–Crippen MR) is 132 cm³/mol. The van der Waals surface area contributed by atoms with Gasteiger partial charge in [-0.3, -0.25) is 9.36 Å². The molecule has 3 aromatic rings. The van der Waals surface area contributed by atoms with Crippen molar-refractivity contribution in [1.29, 1.82) is 0 Å². The zero-order valence-electron chi connectivity index (χ0n) is 18.9. The van der Waals surface area contributed by atoms with Crippen LogP contribution >= 0.6 is 11.8 Å². The minimum Gasteiger partial charge on any atom is -0.486 e. The lowest BCUT2D eigenvalue weighted by Gasteiger charge is -2.36. The second-order valence-corrected chi connectivity index (χ2v) is 8.84. The van der Waals surface area contributed by atoms with Crippen LogP contribution in [0.15, 0.2) is 72.4 Å². The molecule has 0 radical (unpaired) electrons. The monoisotopic (exact) mass is 463 g/mol. The van der Waals surface area contributed by atoms with Crippen molar-refractivity contribution >= 4 is 23.4 Å². The Balaban J connectivity index is 1.31. The van der Waals surface area contributed by atoms with Crippen LogP contribution in [0.5, 0.6) is 5.75 Å². The molecule has 0 saturated carbocycles. The van der Waals surface area contributed by atoms with E-state index in [0.29, 0.717) is 29.9 Å². The molecule has 0 N–H and O–H groups in total. The molecule has 1 fully saturated rings. The van der Waals surface area contributed by atoms with Crippen molar-refractivity contribution in [2.75, 3.05) is 36.8 Å². The van der Waals surface area contributed by atoms with Crippen molar-refractivity contribution in [3.63, 3.8) is 0 Å². The smallest absolute Gasteiger partial charge is 0.233 e. The number of aryl methyl sites for hydroxylation is 1. The summed E-state index contributed by atoms with van der Waals surface area (Å²) in [7, 11) is 0. The Labute approximate surface area is 199 Å². The standard InChI is InChI=1S/C25H29N5O2S/c1-3-12-30-23(18-32-22-11-7-8-20(2)17-22)26-27-25(30)33-19-24(31)29-15-13-28(14-16-29)21-9-5-4-6-10-21/h3-11,17H,1,12-16,18-19H2,2H3. The molecule has 1 amide bonds. The number of carbonyl (C=O) groups excluding carboxylic acids is 1. The van der Waals surface area contributed by atoms with Crippen molar-refractivity contribution in [3.8, 4) is 5.75 Å². The van der Waals surface area contributed by atoms with E-state index in [9.17, 15) is 4.79 Å². The van der Waals surface area contributed by atoms with Crippen LogP contribution in [0, 0.1) is 6.92 Å². The van der Waals surface area contributed by atoms with Gasteiger partial charge in [0.05, 0.1) is 5.75 Å². The first-order valence-electron chi connectivity index (χ1n) is 11.1. The van der Waals surface area contributed by atoms with Gasteiger partial charge in [0.15, 0.2) is 11.0 Å². The Kier molecular flexibility index (Phi) is 7.67. The number of anilines is 1. The highest BCUT2D eigenvalue weighted by Crippen LogP contribution is 2.21. The number of hydrogen-bond donors (Lipinski definition) is 0. The molecule has 4 rings (SSSR count). The summed E-state index contributed by atoms with van der Waals surface area (Å²) in [5.41, 5.74) is 2.34. The topological polar surface area (TPSA) is 63.5 Å². The summed E-state index contributed by atoms with van der Waals surface area (Å²) in [4.78, 5) is 17.1. The average Bonchev–Trinajstić information content (AvgIpc) is 3.23. The van der Waals surface area contributed by atoms with Crippen LogP contribution in [0.4, 0.5) is 5.69 Å². The number of ether oxygens (including phenoxy) is 1. The summed E-state index contributed by atoms with van der Waals surface area (Å²) in [6.07, 6.45) is 1.80. The number of benzene rings is 2. The first-order valence-corrected chi connectivity index (χ1v) is 12.1. The first-order chi connectivity index (χ1) is 16.1. The van der Waals surface area contributed by atoms with Crippen molar-refractivity contribution in [2.24, 2.45) is 0 Å². The molecular weight excluding hydrogens is 434 g/mol. The van der Waals surface area contributed by atoms with E-state index in [1.807, 2.05) is 58.9 Å². The Hall–Kier alpha value is -3.26. The molecule has 1 aliphatic rings. The first kappa shape index (κ1) is 22.9. The van der Waals surface area contributed by atoms with Crippen molar-refractivity contribution < 1.29 is 9.53 Å². The number of allylic oxidation sites excluding steroid dienone is 1. The average molecular weight is 464 g/mol. The molecule has 0 spiro atoms. The third-order valence-electron chi connectivity index (χ3n) is 5.54. The summed E-state index contributed by atoms with van der Waals surface area (Å²) in [6, 6.07) is 18.2. The van der Waals surface area contributed by atoms with Gasteiger partial charge in [0.1, 0.15) is 12.4 Å². The highest BCUT2D eigenvalue weighted by Gasteiger charge is 2.22. The fourth-order valence-corrected chi connectivity index (χ4v) is 4.64. The van der Waals surface area contributed by atoms with E-state index in [0.717, 1.165) is 37.5 Å². The largest absolute Gasteiger partial charge is 0.486 e. The molecule has 33 heavy (non-hydrogen) atoms. The molecule has 1 aliphatic heterocycles. The number of aromatic nitrogens is 3. The normalized spacial score (nSPS) is 13.7. The van der Waals surface area contributed by atoms with Crippen LogP contribution in [-0.2, 0) is 17.9 Å². The highest BCUT2D eigenvalue weighted by molar-refractivity contribution is 7.99.